The summed E-state index contributed by atoms with van der Waals surface area (Å²) in [6.07, 6.45) is 2.71. The number of carbonyl (C=O) groups is 2. The van der Waals surface area contributed by atoms with Crippen LogP contribution in [0.1, 0.15) is 35.7 Å². The number of methoxy groups -OCH3 is 1. The molecule has 1 amide bonds. The molecule has 1 aromatic carbocycles. The molecule has 2 aliphatic heterocycles. The summed E-state index contributed by atoms with van der Waals surface area (Å²) in [4.78, 5) is 25.8. The fourth-order valence-corrected chi connectivity index (χ4v) is 3.31. The molecule has 24 heavy (non-hydrogen) atoms. The number of benzene rings is 1. The minimum absolute atomic E-state index is 0.0382. The fourth-order valence-electron chi connectivity index (χ4n) is 3.31. The monoisotopic (exact) mass is 332 g/mol. The van der Waals surface area contributed by atoms with Gasteiger partial charge in [0, 0.05) is 31.1 Å². The maximum Gasteiger partial charge on any atom is 0.319 e. The first-order chi connectivity index (χ1) is 11.5. The third kappa shape index (κ3) is 3.87. The highest BCUT2D eigenvalue weighted by atomic mass is 16.5. The Kier molecular flexibility index (Phi) is 5.04. The maximum absolute atomic E-state index is 12.5. The summed E-state index contributed by atoms with van der Waals surface area (Å²) in [5.41, 5.74) is 1.78. The van der Waals surface area contributed by atoms with Crippen LogP contribution < -0.4 is 10.1 Å². The first-order valence-electron chi connectivity index (χ1n) is 8.45. The van der Waals surface area contributed by atoms with E-state index in [0.717, 1.165) is 43.7 Å². The van der Waals surface area contributed by atoms with Crippen LogP contribution in [0.4, 0.5) is 0 Å². The summed E-state index contributed by atoms with van der Waals surface area (Å²) < 4.78 is 10.4. The van der Waals surface area contributed by atoms with Crippen molar-refractivity contribution < 1.29 is 19.1 Å². The minimum atomic E-state index is -0.216. The minimum Gasteiger partial charge on any atom is -0.490 e. The van der Waals surface area contributed by atoms with Gasteiger partial charge in [-0.25, -0.2) is 0 Å². The second kappa shape index (κ2) is 7.21. The molecule has 2 aliphatic rings. The van der Waals surface area contributed by atoms with E-state index in [1.165, 1.54) is 7.11 Å². The molecule has 0 radical (unpaired) electrons. The van der Waals surface area contributed by atoms with Gasteiger partial charge >= 0.3 is 5.97 Å². The third-order valence-corrected chi connectivity index (χ3v) is 4.66. The summed E-state index contributed by atoms with van der Waals surface area (Å²) in [6.45, 7) is 3.92. The normalized spacial score (nSPS) is 21.0. The van der Waals surface area contributed by atoms with Gasteiger partial charge in [0.25, 0.3) is 5.91 Å². The van der Waals surface area contributed by atoms with Crippen LogP contribution >= 0.6 is 0 Å². The lowest BCUT2D eigenvalue weighted by atomic mass is 10.0. The Morgan fingerprint density at radius 1 is 1.33 bits per heavy atom. The Balaban J connectivity index is 1.51. The molecule has 1 N–H and O–H groups in total. The average molecular weight is 332 g/mol. The summed E-state index contributed by atoms with van der Waals surface area (Å²) in [7, 11) is 1.40. The van der Waals surface area contributed by atoms with Crippen molar-refractivity contribution >= 4 is 11.9 Å². The number of esters is 1. The van der Waals surface area contributed by atoms with E-state index in [2.05, 4.69) is 15.0 Å². The van der Waals surface area contributed by atoms with Crippen LogP contribution in [-0.4, -0.2) is 55.7 Å². The van der Waals surface area contributed by atoms with Gasteiger partial charge in [-0.05, 0) is 43.5 Å². The van der Waals surface area contributed by atoms with Gasteiger partial charge < -0.3 is 14.8 Å². The lowest BCUT2D eigenvalue weighted by molar-refractivity contribution is -0.142. The van der Waals surface area contributed by atoms with Crippen molar-refractivity contribution in [3.8, 4) is 5.75 Å². The molecule has 1 fully saturated rings. The molecule has 1 saturated heterocycles. The van der Waals surface area contributed by atoms with E-state index in [1.807, 2.05) is 25.1 Å². The van der Waals surface area contributed by atoms with Crippen molar-refractivity contribution in [2.75, 3.05) is 26.7 Å². The molecule has 0 bridgehead atoms. The van der Waals surface area contributed by atoms with Crippen LogP contribution in [0.2, 0.25) is 0 Å². The van der Waals surface area contributed by atoms with E-state index in [-0.39, 0.29) is 24.0 Å². The fraction of sp³-hybridized carbons (Fsp3) is 0.556. The predicted molar refractivity (Wildman–Crippen MR) is 89.2 cm³/mol. The van der Waals surface area contributed by atoms with Gasteiger partial charge in [-0.15, -0.1) is 0 Å². The molecule has 3 rings (SSSR count). The molecular weight excluding hydrogens is 308 g/mol. The molecule has 0 aliphatic carbocycles. The van der Waals surface area contributed by atoms with Crippen molar-refractivity contribution in [1.29, 1.82) is 0 Å². The molecular formula is C18H24N2O4. The SMILES string of the molecule is COC(=O)CN1CCC(NC(=O)c2ccc3c(c2)C[C@@H](C)O3)CC1. The zero-order chi connectivity index (χ0) is 17.1. The molecule has 1 atom stereocenters. The molecule has 6 nitrogen and oxygen atoms in total. The second-order valence-electron chi connectivity index (χ2n) is 6.56. The topological polar surface area (TPSA) is 67.9 Å². The summed E-state index contributed by atoms with van der Waals surface area (Å²) in [6, 6.07) is 5.78. The first kappa shape index (κ1) is 16.8. The Labute approximate surface area is 142 Å². The van der Waals surface area contributed by atoms with Gasteiger partial charge in [0.15, 0.2) is 0 Å². The van der Waals surface area contributed by atoms with Crippen molar-refractivity contribution in [1.82, 2.24) is 10.2 Å². The quantitative estimate of drug-likeness (QED) is 0.844. The number of fused-ring (bicyclic) bond motifs is 1. The Morgan fingerprint density at radius 3 is 2.79 bits per heavy atom. The number of carbonyl (C=O) groups excluding carboxylic acids is 2. The molecule has 0 spiro atoms. The molecule has 6 heteroatoms. The van der Waals surface area contributed by atoms with Crippen LogP contribution in [0.5, 0.6) is 5.75 Å². The highest BCUT2D eigenvalue weighted by molar-refractivity contribution is 5.94. The summed E-state index contributed by atoms with van der Waals surface area (Å²) in [5, 5.41) is 3.10. The van der Waals surface area contributed by atoms with Crippen molar-refractivity contribution in [2.45, 2.75) is 38.3 Å². The maximum atomic E-state index is 12.5. The highest BCUT2D eigenvalue weighted by Crippen LogP contribution is 2.29. The predicted octanol–water partition coefficient (Wildman–Crippen LogP) is 1.38. The largest absolute Gasteiger partial charge is 0.490 e. The Bertz CT molecular complexity index is 623. The number of hydrogen-bond acceptors (Lipinski definition) is 5. The van der Waals surface area contributed by atoms with Crippen molar-refractivity contribution in [3.05, 3.63) is 29.3 Å². The standard InChI is InChI=1S/C18H24N2O4/c1-12-9-14-10-13(3-4-16(14)24-12)18(22)19-15-5-7-20(8-6-15)11-17(21)23-2/h3-4,10,12,15H,5-9,11H2,1-2H3,(H,19,22)/t12-/m1/s1. The number of amides is 1. The number of hydrogen-bond donors (Lipinski definition) is 1. The number of piperidine rings is 1. The number of ether oxygens (including phenoxy) is 2. The van der Waals surface area contributed by atoms with Gasteiger partial charge in [0.2, 0.25) is 0 Å². The van der Waals surface area contributed by atoms with Gasteiger partial charge in [0.1, 0.15) is 11.9 Å². The Morgan fingerprint density at radius 2 is 2.08 bits per heavy atom. The van der Waals surface area contributed by atoms with Crippen LogP contribution in [-0.2, 0) is 16.0 Å². The van der Waals surface area contributed by atoms with Gasteiger partial charge in [-0.2, -0.15) is 0 Å². The Hall–Kier alpha value is -2.08. The van der Waals surface area contributed by atoms with Crippen molar-refractivity contribution in [3.63, 3.8) is 0 Å². The summed E-state index contributed by atoms with van der Waals surface area (Å²) >= 11 is 0. The van der Waals surface area contributed by atoms with E-state index in [0.29, 0.717) is 12.1 Å². The van der Waals surface area contributed by atoms with E-state index in [4.69, 9.17) is 4.74 Å². The van der Waals surface area contributed by atoms with Gasteiger partial charge in [-0.1, -0.05) is 0 Å². The van der Waals surface area contributed by atoms with E-state index in [9.17, 15) is 9.59 Å². The van der Waals surface area contributed by atoms with Crippen LogP contribution in [0.15, 0.2) is 18.2 Å². The smallest absolute Gasteiger partial charge is 0.319 e. The zero-order valence-electron chi connectivity index (χ0n) is 14.2. The zero-order valence-corrected chi connectivity index (χ0v) is 14.2. The number of nitrogens with one attached hydrogen (secondary N) is 1. The molecule has 2 heterocycles. The molecule has 0 saturated carbocycles. The van der Waals surface area contributed by atoms with Crippen LogP contribution in [0.25, 0.3) is 0 Å². The van der Waals surface area contributed by atoms with Gasteiger partial charge in [-0.3, -0.25) is 14.5 Å². The molecule has 0 aromatic heterocycles. The number of rotatable bonds is 4. The number of nitrogens with zero attached hydrogens (tertiary/aromatic N) is 1. The second-order valence-corrected chi connectivity index (χ2v) is 6.56. The first-order valence-corrected chi connectivity index (χ1v) is 8.45. The van der Waals surface area contributed by atoms with E-state index in [1.54, 1.807) is 0 Å². The molecule has 0 unspecified atom stereocenters. The lowest BCUT2D eigenvalue weighted by Gasteiger charge is -2.31. The van der Waals surface area contributed by atoms with Gasteiger partial charge in [0.05, 0.1) is 13.7 Å². The third-order valence-electron chi connectivity index (χ3n) is 4.66. The molecule has 130 valence electrons. The van der Waals surface area contributed by atoms with Crippen LogP contribution in [0.3, 0.4) is 0 Å². The summed E-state index contributed by atoms with van der Waals surface area (Å²) in [5.74, 6) is 0.631. The average Bonchev–Trinajstić information content (AvgIpc) is 2.95. The number of likely N-dealkylation sites (tertiary alicyclic amines) is 1. The van der Waals surface area contributed by atoms with E-state index < -0.39 is 0 Å². The highest BCUT2D eigenvalue weighted by Gasteiger charge is 2.24. The van der Waals surface area contributed by atoms with Crippen molar-refractivity contribution in [2.24, 2.45) is 0 Å². The van der Waals surface area contributed by atoms with Crippen LogP contribution in [0, 0.1) is 0 Å². The van der Waals surface area contributed by atoms with E-state index >= 15 is 0 Å². The molecule has 1 aromatic rings. The lowest BCUT2D eigenvalue weighted by Crippen LogP contribution is -2.46.